The van der Waals surface area contributed by atoms with Crippen molar-refractivity contribution in [3.8, 4) is 0 Å². The molecule has 76 valence electrons. The molecule has 0 atom stereocenters. The minimum atomic E-state index is 0.552. The zero-order valence-electron chi connectivity index (χ0n) is 8.33. The summed E-state index contributed by atoms with van der Waals surface area (Å²) in [6.45, 7) is 0. The molecule has 2 rings (SSSR count). The zero-order valence-corrected chi connectivity index (χ0v) is 8.33. The van der Waals surface area contributed by atoms with Gasteiger partial charge in [-0.3, -0.25) is 9.89 Å². The number of nitrogens with one attached hydrogen (secondary N) is 1. The largest absolute Gasteiger partial charge is 0.296 e. The highest BCUT2D eigenvalue weighted by Crippen LogP contribution is 2.32. The molecule has 0 radical (unpaired) electrons. The van der Waals surface area contributed by atoms with Crippen LogP contribution in [0.5, 0.6) is 0 Å². The van der Waals surface area contributed by atoms with Crippen LogP contribution in [-0.4, -0.2) is 16.5 Å². The Labute approximate surface area is 83.9 Å². The molecule has 0 unspecified atom stereocenters. The lowest BCUT2D eigenvalue weighted by molar-refractivity contribution is 0.111. The van der Waals surface area contributed by atoms with Crippen molar-refractivity contribution in [3.63, 3.8) is 0 Å². The number of nitrogens with zero attached hydrogens (tertiary/aromatic N) is 1. The van der Waals surface area contributed by atoms with Crippen molar-refractivity contribution in [1.82, 2.24) is 10.2 Å². The molecule has 0 spiro atoms. The molecule has 1 aromatic heterocycles. The number of rotatable bonds is 2. The number of H-pyrrole nitrogens is 1. The van der Waals surface area contributed by atoms with E-state index in [0.29, 0.717) is 11.6 Å². The first-order valence-electron chi connectivity index (χ1n) is 5.40. The van der Waals surface area contributed by atoms with E-state index in [4.69, 9.17) is 0 Å². The van der Waals surface area contributed by atoms with E-state index in [2.05, 4.69) is 10.2 Å². The second-order valence-electron chi connectivity index (χ2n) is 4.05. The Morgan fingerprint density at radius 2 is 2.00 bits per heavy atom. The van der Waals surface area contributed by atoms with Crippen molar-refractivity contribution in [1.29, 1.82) is 0 Å². The highest BCUT2D eigenvalue weighted by Gasteiger charge is 2.18. The molecular weight excluding hydrogens is 176 g/mol. The van der Waals surface area contributed by atoms with Crippen molar-refractivity contribution in [3.05, 3.63) is 17.5 Å². The molecule has 0 aliphatic heterocycles. The molecule has 1 heterocycles. The molecule has 1 N–H and O–H groups in total. The number of hydrogen-bond acceptors (Lipinski definition) is 2. The van der Waals surface area contributed by atoms with Gasteiger partial charge in [-0.1, -0.05) is 25.7 Å². The Morgan fingerprint density at radius 1 is 1.29 bits per heavy atom. The zero-order chi connectivity index (χ0) is 9.80. The summed E-state index contributed by atoms with van der Waals surface area (Å²) < 4.78 is 0. The number of aldehydes is 1. The molecule has 1 aliphatic carbocycles. The van der Waals surface area contributed by atoms with Gasteiger partial charge in [0, 0.05) is 5.56 Å². The third-order valence-corrected chi connectivity index (χ3v) is 3.11. The Bertz CT molecular complexity index is 298. The van der Waals surface area contributed by atoms with E-state index >= 15 is 0 Å². The van der Waals surface area contributed by atoms with Gasteiger partial charge in [0.15, 0.2) is 6.29 Å². The highest BCUT2D eigenvalue weighted by molar-refractivity contribution is 5.74. The maximum atomic E-state index is 10.7. The van der Waals surface area contributed by atoms with E-state index in [1.807, 2.05) is 6.20 Å². The van der Waals surface area contributed by atoms with Gasteiger partial charge in [-0.05, 0) is 18.8 Å². The summed E-state index contributed by atoms with van der Waals surface area (Å²) in [5.41, 5.74) is 1.80. The lowest BCUT2D eigenvalue weighted by atomic mass is 9.92. The van der Waals surface area contributed by atoms with Gasteiger partial charge in [0.1, 0.15) is 5.69 Å². The molecule has 0 amide bonds. The second-order valence-corrected chi connectivity index (χ2v) is 4.05. The lowest BCUT2D eigenvalue weighted by Crippen LogP contribution is -1.99. The normalized spacial score (nSPS) is 19.1. The van der Waals surface area contributed by atoms with Gasteiger partial charge in [-0.25, -0.2) is 0 Å². The summed E-state index contributed by atoms with van der Waals surface area (Å²) in [5, 5.41) is 6.70. The van der Waals surface area contributed by atoms with Gasteiger partial charge in [0.25, 0.3) is 0 Å². The SMILES string of the molecule is O=Cc1[nH]ncc1C1CCCCCC1. The van der Waals surface area contributed by atoms with Crippen LogP contribution >= 0.6 is 0 Å². The summed E-state index contributed by atoms with van der Waals surface area (Å²) in [5.74, 6) is 0.552. The Morgan fingerprint density at radius 3 is 2.64 bits per heavy atom. The summed E-state index contributed by atoms with van der Waals surface area (Å²) in [4.78, 5) is 10.7. The second kappa shape index (κ2) is 4.40. The molecule has 14 heavy (non-hydrogen) atoms. The van der Waals surface area contributed by atoms with Crippen LogP contribution < -0.4 is 0 Å². The third kappa shape index (κ3) is 1.86. The van der Waals surface area contributed by atoms with Gasteiger partial charge in [0.2, 0.25) is 0 Å². The van der Waals surface area contributed by atoms with Crippen molar-refractivity contribution in [2.45, 2.75) is 44.4 Å². The first-order valence-corrected chi connectivity index (χ1v) is 5.40. The van der Waals surface area contributed by atoms with E-state index in [1.54, 1.807) is 0 Å². The fraction of sp³-hybridized carbons (Fsp3) is 0.636. The molecular formula is C11H16N2O. The molecule has 3 nitrogen and oxygen atoms in total. The minimum absolute atomic E-state index is 0.552. The predicted molar refractivity (Wildman–Crippen MR) is 54.4 cm³/mol. The number of carbonyl (C=O) groups is 1. The van der Waals surface area contributed by atoms with E-state index < -0.39 is 0 Å². The fourth-order valence-corrected chi connectivity index (χ4v) is 2.32. The highest BCUT2D eigenvalue weighted by atomic mass is 16.1. The fourth-order valence-electron chi connectivity index (χ4n) is 2.32. The Hall–Kier alpha value is -1.12. The average molecular weight is 192 g/mol. The lowest BCUT2D eigenvalue weighted by Gasteiger charge is -2.11. The molecule has 0 saturated heterocycles. The number of aromatic nitrogens is 2. The standard InChI is InChI=1S/C11H16N2O/c14-8-11-10(7-12-13-11)9-5-3-1-2-4-6-9/h7-9H,1-6H2,(H,12,13). The van der Waals surface area contributed by atoms with Gasteiger partial charge < -0.3 is 0 Å². The van der Waals surface area contributed by atoms with Crippen LogP contribution in [0.25, 0.3) is 0 Å². The summed E-state index contributed by atoms with van der Waals surface area (Å²) in [6, 6.07) is 0. The molecule has 1 saturated carbocycles. The average Bonchev–Trinajstić information content (AvgIpc) is 2.52. The summed E-state index contributed by atoms with van der Waals surface area (Å²) in [6.07, 6.45) is 10.4. The molecule has 1 aliphatic rings. The molecule has 1 aromatic rings. The number of carbonyl (C=O) groups excluding carboxylic acids is 1. The minimum Gasteiger partial charge on any atom is -0.296 e. The molecule has 3 heteroatoms. The van der Waals surface area contributed by atoms with E-state index in [0.717, 1.165) is 11.8 Å². The van der Waals surface area contributed by atoms with Crippen LogP contribution in [-0.2, 0) is 0 Å². The van der Waals surface area contributed by atoms with Crippen LogP contribution in [0.2, 0.25) is 0 Å². The van der Waals surface area contributed by atoms with Crippen molar-refractivity contribution >= 4 is 6.29 Å². The quantitative estimate of drug-likeness (QED) is 0.578. The monoisotopic (exact) mass is 192 g/mol. The third-order valence-electron chi connectivity index (χ3n) is 3.11. The Kier molecular flexibility index (Phi) is 2.96. The van der Waals surface area contributed by atoms with Gasteiger partial charge in [0.05, 0.1) is 6.20 Å². The van der Waals surface area contributed by atoms with Gasteiger partial charge in [-0.15, -0.1) is 0 Å². The molecule has 1 fully saturated rings. The predicted octanol–water partition coefficient (Wildman–Crippen LogP) is 2.66. The van der Waals surface area contributed by atoms with Crippen molar-refractivity contribution in [2.75, 3.05) is 0 Å². The topological polar surface area (TPSA) is 45.8 Å². The van der Waals surface area contributed by atoms with Crippen LogP contribution in [0.1, 0.15) is 60.5 Å². The van der Waals surface area contributed by atoms with Crippen LogP contribution in [0.15, 0.2) is 6.20 Å². The Balaban J connectivity index is 2.15. The molecule has 0 aromatic carbocycles. The maximum absolute atomic E-state index is 10.7. The van der Waals surface area contributed by atoms with Crippen molar-refractivity contribution in [2.24, 2.45) is 0 Å². The van der Waals surface area contributed by atoms with Crippen LogP contribution in [0, 0.1) is 0 Å². The number of aromatic amines is 1. The van der Waals surface area contributed by atoms with Gasteiger partial charge >= 0.3 is 0 Å². The van der Waals surface area contributed by atoms with E-state index in [-0.39, 0.29) is 0 Å². The van der Waals surface area contributed by atoms with Crippen LogP contribution in [0.3, 0.4) is 0 Å². The van der Waals surface area contributed by atoms with Gasteiger partial charge in [-0.2, -0.15) is 5.10 Å². The van der Waals surface area contributed by atoms with E-state index in [1.165, 1.54) is 38.5 Å². The van der Waals surface area contributed by atoms with E-state index in [9.17, 15) is 4.79 Å². The van der Waals surface area contributed by atoms with Crippen LogP contribution in [0.4, 0.5) is 0 Å². The first kappa shape index (κ1) is 9.44. The summed E-state index contributed by atoms with van der Waals surface area (Å²) in [7, 11) is 0. The van der Waals surface area contributed by atoms with Crippen molar-refractivity contribution < 1.29 is 4.79 Å². The number of hydrogen-bond donors (Lipinski definition) is 1. The molecule has 0 bridgehead atoms. The summed E-state index contributed by atoms with van der Waals surface area (Å²) >= 11 is 0. The smallest absolute Gasteiger partial charge is 0.168 e. The first-order chi connectivity index (χ1) is 6.92. The maximum Gasteiger partial charge on any atom is 0.168 e.